The Morgan fingerprint density at radius 1 is 1.21 bits per heavy atom. The van der Waals surface area contributed by atoms with E-state index in [1.807, 2.05) is 55.4 Å². The molecular weight excluding hydrogens is 324 g/mol. The molecule has 100 valence electrons. The molecule has 0 spiro atoms. The molecule has 0 radical (unpaired) electrons. The third-order valence-corrected chi connectivity index (χ3v) is 4.25. The van der Waals surface area contributed by atoms with Gasteiger partial charge in [-0.1, -0.05) is 0 Å². The quantitative estimate of drug-likeness (QED) is 0.920. The molecule has 0 aliphatic carbocycles. The third-order valence-electron chi connectivity index (χ3n) is 2.63. The van der Waals surface area contributed by atoms with Gasteiger partial charge in [0, 0.05) is 30.3 Å². The number of anilines is 2. The van der Waals surface area contributed by atoms with Crippen molar-refractivity contribution in [3.05, 3.63) is 45.1 Å². The molecular formula is C14H15BrN2OS. The number of hydrogen-bond donors (Lipinski definition) is 1. The molecule has 1 aromatic heterocycles. The van der Waals surface area contributed by atoms with Crippen molar-refractivity contribution in [3.63, 3.8) is 0 Å². The summed E-state index contributed by atoms with van der Waals surface area (Å²) in [5.74, 6) is 0.00644. The Labute approximate surface area is 125 Å². The fourth-order valence-corrected chi connectivity index (χ4v) is 3.13. The number of hydrogen-bond acceptors (Lipinski definition) is 3. The zero-order valence-electron chi connectivity index (χ0n) is 10.8. The number of carbonyl (C=O) groups excluding carboxylic acids is 1. The van der Waals surface area contributed by atoms with E-state index in [0.717, 1.165) is 20.0 Å². The normalized spacial score (nSPS) is 10.3. The van der Waals surface area contributed by atoms with Crippen LogP contribution in [0, 0.1) is 0 Å². The van der Waals surface area contributed by atoms with E-state index >= 15 is 0 Å². The molecule has 2 aromatic rings. The van der Waals surface area contributed by atoms with Crippen molar-refractivity contribution in [2.24, 2.45) is 0 Å². The van der Waals surface area contributed by atoms with Crippen LogP contribution in [-0.4, -0.2) is 20.0 Å². The highest BCUT2D eigenvalue weighted by molar-refractivity contribution is 9.11. The summed E-state index contributed by atoms with van der Waals surface area (Å²) >= 11 is 4.97. The topological polar surface area (TPSA) is 32.3 Å². The average molecular weight is 339 g/mol. The van der Waals surface area contributed by atoms with Crippen LogP contribution in [0.3, 0.4) is 0 Å². The molecule has 3 nitrogen and oxygen atoms in total. The first-order valence-corrected chi connectivity index (χ1v) is 7.47. The van der Waals surface area contributed by atoms with Gasteiger partial charge in [0.15, 0.2) is 0 Å². The largest absolute Gasteiger partial charge is 0.378 e. The van der Waals surface area contributed by atoms with Gasteiger partial charge in [-0.3, -0.25) is 4.79 Å². The summed E-state index contributed by atoms with van der Waals surface area (Å²) in [7, 11) is 3.98. The molecule has 0 fully saturated rings. The lowest BCUT2D eigenvalue weighted by molar-refractivity contribution is -0.115. The fourth-order valence-electron chi connectivity index (χ4n) is 1.65. The van der Waals surface area contributed by atoms with Gasteiger partial charge in [0.05, 0.1) is 10.2 Å². The highest BCUT2D eigenvalue weighted by Gasteiger charge is 2.06. The van der Waals surface area contributed by atoms with Crippen molar-refractivity contribution in [3.8, 4) is 0 Å². The molecule has 0 bridgehead atoms. The predicted octanol–water partition coefficient (Wildman–Crippen LogP) is 3.76. The van der Waals surface area contributed by atoms with E-state index in [2.05, 4.69) is 21.2 Å². The second kappa shape index (κ2) is 6.21. The Hall–Kier alpha value is -1.33. The molecule has 0 atom stereocenters. The van der Waals surface area contributed by atoms with Crippen LogP contribution in [0.1, 0.15) is 4.88 Å². The number of carbonyl (C=O) groups is 1. The van der Waals surface area contributed by atoms with Crippen molar-refractivity contribution >= 4 is 44.5 Å². The second-order valence-electron chi connectivity index (χ2n) is 4.37. The Kier molecular flexibility index (Phi) is 4.61. The lowest BCUT2D eigenvalue weighted by atomic mass is 10.2. The summed E-state index contributed by atoms with van der Waals surface area (Å²) in [4.78, 5) is 15.0. The maximum absolute atomic E-state index is 11.9. The lowest BCUT2D eigenvalue weighted by Gasteiger charge is -2.12. The first-order valence-electron chi connectivity index (χ1n) is 5.86. The van der Waals surface area contributed by atoms with Crippen molar-refractivity contribution in [2.45, 2.75) is 6.42 Å². The van der Waals surface area contributed by atoms with Gasteiger partial charge in [-0.2, -0.15) is 0 Å². The maximum Gasteiger partial charge on any atom is 0.229 e. The molecule has 19 heavy (non-hydrogen) atoms. The number of benzene rings is 1. The molecule has 0 unspecified atom stereocenters. The van der Waals surface area contributed by atoms with Gasteiger partial charge >= 0.3 is 0 Å². The molecule has 1 aromatic carbocycles. The summed E-state index contributed by atoms with van der Waals surface area (Å²) in [5.41, 5.74) is 1.94. The van der Waals surface area contributed by atoms with Gasteiger partial charge in [-0.05, 0) is 52.3 Å². The number of nitrogens with zero attached hydrogens (tertiary/aromatic N) is 1. The van der Waals surface area contributed by atoms with Gasteiger partial charge in [0.1, 0.15) is 0 Å². The molecule has 0 saturated heterocycles. The van der Waals surface area contributed by atoms with Gasteiger partial charge in [0.2, 0.25) is 5.91 Å². The Morgan fingerprint density at radius 3 is 2.42 bits per heavy atom. The minimum absolute atomic E-state index is 0.00644. The van der Waals surface area contributed by atoms with Crippen LogP contribution < -0.4 is 10.2 Å². The number of thiophene rings is 1. The van der Waals surface area contributed by atoms with Crippen LogP contribution in [0.5, 0.6) is 0 Å². The van der Waals surface area contributed by atoms with E-state index in [1.54, 1.807) is 11.3 Å². The minimum atomic E-state index is 0.00644. The number of amides is 1. The summed E-state index contributed by atoms with van der Waals surface area (Å²) in [6, 6.07) is 11.7. The molecule has 1 N–H and O–H groups in total. The van der Waals surface area contributed by atoms with Gasteiger partial charge in [0.25, 0.3) is 0 Å². The third kappa shape index (κ3) is 4.08. The van der Waals surface area contributed by atoms with Crippen LogP contribution in [0.2, 0.25) is 0 Å². The zero-order chi connectivity index (χ0) is 13.8. The van der Waals surface area contributed by atoms with E-state index < -0.39 is 0 Å². The van der Waals surface area contributed by atoms with Crippen molar-refractivity contribution in [1.29, 1.82) is 0 Å². The van der Waals surface area contributed by atoms with Gasteiger partial charge < -0.3 is 10.2 Å². The van der Waals surface area contributed by atoms with Crippen LogP contribution in [0.4, 0.5) is 11.4 Å². The van der Waals surface area contributed by atoms with Crippen molar-refractivity contribution < 1.29 is 4.79 Å². The van der Waals surface area contributed by atoms with Crippen LogP contribution in [0.15, 0.2) is 40.2 Å². The molecule has 0 saturated carbocycles. The van der Waals surface area contributed by atoms with Crippen molar-refractivity contribution in [2.75, 3.05) is 24.3 Å². The standard InChI is InChI=1S/C14H15BrN2OS/c1-17(2)11-5-3-10(4-6-11)16-14(18)9-12-7-8-13(15)19-12/h3-8H,9H2,1-2H3,(H,16,18). The number of nitrogens with one attached hydrogen (secondary N) is 1. The van der Waals surface area contributed by atoms with Gasteiger partial charge in [-0.15, -0.1) is 11.3 Å². The Morgan fingerprint density at radius 2 is 1.89 bits per heavy atom. The van der Waals surface area contributed by atoms with Crippen LogP contribution in [-0.2, 0) is 11.2 Å². The van der Waals surface area contributed by atoms with E-state index in [9.17, 15) is 4.79 Å². The average Bonchev–Trinajstić information content (AvgIpc) is 2.75. The van der Waals surface area contributed by atoms with E-state index in [1.165, 1.54) is 0 Å². The Bertz CT molecular complexity index is 563. The number of halogens is 1. The van der Waals surface area contributed by atoms with Gasteiger partial charge in [-0.25, -0.2) is 0 Å². The van der Waals surface area contributed by atoms with Crippen LogP contribution in [0.25, 0.3) is 0 Å². The molecule has 0 aliphatic rings. The fraction of sp³-hybridized carbons (Fsp3) is 0.214. The molecule has 0 aliphatic heterocycles. The monoisotopic (exact) mass is 338 g/mol. The predicted molar refractivity (Wildman–Crippen MR) is 85.1 cm³/mol. The van der Waals surface area contributed by atoms with E-state index in [-0.39, 0.29) is 5.91 Å². The lowest BCUT2D eigenvalue weighted by Crippen LogP contribution is -2.14. The molecule has 5 heteroatoms. The summed E-state index contributed by atoms with van der Waals surface area (Å²) in [6.07, 6.45) is 0.408. The molecule has 1 amide bonds. The summed E-state index contributed by atoms with van der Waals surface area (Å²) in [6.45, 7) is 0. The molecule has 1 heterocycles. The Balaban J connectivity index is 1.95. The maximum atomic E-state index is 11.9. The first-order chi connectivity index (χ1) is 9.04. The first kappa shape index (κ1) is 14.1. The van der Waals surface area contributed by atoms with E-state index in [4.69, 9.17) is 0 Å². The highest BCUT2D eigenvalue weighted by Crippen LogP contribution is 2.23. The SMILES string of the molecule is CN(C)c1ccc(NC(=O)Cc2ccc(Br)s2)cc1. The molecule has 2 rings (SSSR count). The highest BCUT2D eigenvalue weighted by atomic mass is 79.9. The summed E-state index contributed by atoms with van der Waals surface area (Å²) in [5, 5.41) is 2.90. The second-order valence-corrected chi connectivity index (χ2v) is 6.92. The van der Waals surface area contributed by atoms with Crippen molar-refractivity contribution in [1.82, 2.24) is 0 Å². The zero-order valence-corrected chi connectivity index (χ0v) is 13.2. The van der Waals surface area contributed by atoms with E-state index in [0.29, 0.717) is 6.42 Å². The number of rotatable bonds is 4. The smallest absolute Gasteiger partial charge is 0.229 e. The minimum Gasteiger partial charge on any atom is -0.378 e. The van der Waals surface area contributed by atoms with Crippen LogP contribution >= 0.6 is 27.3 Å². The summed E-state index contributed by atoms with van der Waals surface area (Å²) < 4.78 is 1.05.